The third-order valence-corrected chi connectivity index (χ3v) is 16.8. The van der Waals surface area contributed by atoms with Crippen molar-refractivity contribution < 1.29 is 82.1 Å². The first kappa shape index (κ1) is 53.2. The average Bonchev–Trinajstić information content (AvgIpc) is 3.94. The molecule has 65 heavy (non-hydrogen) atoms. The SMILES string of the molecule is CO[C@H]1[C@@H]([C@H](C)[C@H]2O[C@]3(CC[C@@](C)([C@H]4CC[C@@](C)([C@@H]5O[C@H]([C@H]6O[C@@](C)(O)[C@H](C)C[C@@H]6C)C[C@@H]5O[C@@H]5C[C@H](OC)[C@@H](OC)[C@H](C)O5)O4)O3)C[C@H](O)[C@H]2C)O[C@](O)(CC(=O)[O-])[C@@H](C)[C@@H]1OC.[NH4+]. The first-order chi connectivity index (χ1) is 30.0. The van der Waals surface area contributed by atoms with Crippen molar-refractivity contribution in [2.24, 2.45) is 29.6 Å². The molecule has 7 fully saturated rings. The first-order valence-corrected chi connectivity index (χ1v) is 23.8. The van der Waals surface area contributed by atoms with E-state index < -0.39 is 102 Å². The summed E-state index contributed by atoms with van der Waals surface area (Å²) in [4.78, 5) is 11.8. The Morgan fingerprint density at radius 2 is 1.46 bits per heavy atom. The van der Waals surface area contributed by atoms with Gasteiger partial charge >= 0.3 is 0 Å². The Balaban J connectivity index is 0.00000700. The van der Waals surface area contributed by atoms with Gasteiger partial charge in [-0.2, -0.15) is 0 Å². The number of carbonyl (C=O) groups excluding carboxylic acids is 1. The van der Waals surface area contributed by atoms with Crippen molar-refractivity contribution in [3.63, 3.8) is 0 Å². The van der Waals surface area contributed by atoms with Crippen LogP contribution in [0.15, 0.2) is 0 Å². The Hall–Kier alpha value is -1.17. The highest BCUT2D eigenvalue weighted by molar-refractivity contribution is 5.65. The number of carboxylic acid groups (broad SMARTS) is 1. The van der Waals surface area contributed by atoms with Gasteiger partial charge < -0.3 is 88.2 Å². The van der Waals surface area contributed by atoms with Gasteiger partial charge in [0.2, 0.25) is 0 Å². The third kappa shape index (κ3) is 10.1. The average molecular weight is 934 g/mol. The van der Waals surface area contributed by atoms with E-state index in [1.165, 1.54) is 14.2 Å². The molecular weight excluding hydrogens is 851 g/mol. The monoisotopic (exact) mass is 934 g/mol. The van der Waals surface area contributed by atoms with Crippen molar-refractivity contribution in [3.05, 3.63) is 0 Å². The topological polar surface area (TPSA) is 248 Å². The number of aliphatic carboxylic acids is 1. The maximum atomic E-state index is 11.8. The number of hydrogen-bond donors (Lipinski definition) is 4. The van der Waals surface area contributed by atoms with Crippen LogP contribution in [0.4, 0.5) is 0 Å². The molecule has 0 radical (unpaired) electrons. The number of aliphatic hydroxyl groups is 3. The molecule has 7 aliphatic rings. The van der Waals surface area contributed by atoms with Gasteiger partial charge in [0.05, 0.1) is 72.2 Å². The van der Waals surface area contributed by atoms with Crippen LogP contribution >= 0.6 is 0 Å². The number of methoxy groups -OCH3 is 4. The summed E-state index contributed by atoms with van der Waals surface area (Å²) in [5, 5.41) is 46.4. The number of aliphatic hydroxyl groups excluding tert-OH is 1. The predicted molar refractivity (Wildman–Crippen MR) is 231 cm³/mol. The fourth-order valence-electron chi connectivity index (χ4n) is 12.7. The van der Waals surface area contributed by atoms with E-state index in [-0.39, 0.29) is 66.9 Å². The van der Waals surface area contributed by atoms with Gasteiger partial charge in [-0.3, -0.25) is 0 Å². The van der Waals surface area contributed by atoms with E-state index in [9.17, 15) is 25.2 Å². The van der Waals surface area contributed by atoms with Crippen LogP contribution in [0.2, 0.25) is 0 Å². The standard InChI is InChI=1S/C47H80O17.H3N/c1-23-18-24(2)45(9,51)61-36(23)31-19-32(58-35-20-30(53-10)40(55-12)28(6)57-35)42(59-31)44(8)15-14-33(60-44)43(7)16-17-46(64-43)21-29(48)25(3)37(62-46)26(4)38-41(56-13)39(54-11)27(5)47(52,63-38)22-34(49)50;/h23-33,35-42,48,51-52H,14-22H2,1-13H3,(H,49,50);1H3/t23-,24+,25+,26+,27-,28-,29-,30-,31-,32-,33+,35+,36-,37-,38+,39-,40-,41-,42+,43-,44-,45+,46-,47+;/m0./s1. The molecule has 0 amide bonds. The number of quaternary nitrogens is 1. The maximum absolute atomic E-state index is 11.8. The van der Waals surface area contributed by atoms with Crippen molar-refractivity contribution in [2.45, 2.75) is 234 Å². The molecule has 0 aromatic rings. The Morgan fingerprint density at radius 3 is 2.09 bits per heavy atom. The summed E-state index contributed by atoms with van der Waals surface area (Å²) in [7, 11) is 6.34. The Labute approximate surface area is 385 Å². The van der Waals surface area contributed by atoms with Gasteiger partial charge in [0.25, 0.3) is 0 Å². The Bertz CT molecular complexity index is 1610. The zero-order chi connectivity index (χ0) is 46.9. The molecule has 378 valence electrons. The normalized spacial score (nSPS) is 53.2. The van der Waals surface area contributed by atoms with Crippen LogP contribution in [0, 0.1) is 29.6 Å². The Morgan fingerprint density at radius 1 is 0.785 bits per heavy atom. The summed E-state index contributed by atoms with van der Waals surface area (Å²) in [6.45, 7) is 17.4. The number of carbonyl (C=O) groups is 1. The van der Waals surface area contributed by atoms with Gasteiger partial charge in [-0.15, -0.1) is 0 Å². The van der Waals surface area contributed by atoms with E-state index >= 15 is 0 Å². The maximum Gasteiger partial charge on any atom is 0.176 e. The summed E-state index contributed by atoms with van der Waals surface area (Å²) >= 11 is 0. The van der Waals surface area contributed by atoms with E-state index in [2.05, 4.69) is 13.8 Å². The summed E-state index contributed by atoms with van der Waals surface area (Å²) in [6, 6.07) is 0. The van der Waals surface area contributed by atoms with E-state index in [1.54, 1.807) is 28.1 Å². The molecule has 0 bridgehead atoms. The van der Waals surface area contributed by atoms with Crippen molar-refractivity contribution in [1.29, 1.82) is 0 Å². The highest BCUT2D eigenvalue weighted by Crippen LogP contribution is 2.55. The molecule has 7 saturated heterocycles. The van der Waals surface area contributed by atoms with Crippen molar-refractivity contribution in [1.82, 2.24) is 6.15 Å². The minimum atomic E-state index is -2.09. The highest BCUT2D eigenvalue weighted by Gasteiger charge is 2.63. The fraction of sp³-hybridized carbons (Fsp3) is 0.979. The summed E-state index contributed by atoms with van der Waals surface area (Å²) in [5.74, 6) is -7.58. The second kappa shape index (κ2) is 19.9. The van der Waals surface area contributed by atoms with E-state index in [0.717, 1.165) is 6.42 Å². The molecule has 0 aromatic carbocycles. The van der Waals surface area contributed by atoms with Crippen LogP contribution in [0.1, 0.15) is 120 Å². The molecule has 7 N–H and O–H groups in total. The van der Waals surface area contributed by atoms with Crippen LogP contribution in [0.25, 0.3) is 0 Å². The molecule has 18 nitrogen and oxygen atoms in total. The largest absolute Gasteiger partial charge is 0.550 e. The van der Waals surface area contributed by atoms with Crippen molar-refractivity contribution in [2.75, 3.05) is 28.4 Å². The van der Waals surface area contributed by atoms with Crippen molar-refractivity contribution in [3.8, 4) is 0 Å². The lowest BCUT2D eigenvalue weighted by Crippen LogP contribution is -2.66. The molecule has 18 heteroatoms. The Kier molecular flexibility index (Phi) is 16.3. The molecule has 7 rings (SSSR count). The van der Waals surface area contributed by atoms with Crippen LogP contribution in [-0.4, -0.2) is 164 Å². The van der Waals surface area contributed by atoms with Gasteiger partial charge in [-0.1, -0.05) is 34.6 Å². The van der Waals surface area contributed by atoms with Crippen LogP contribution in [0.5, 0.6) is 0 Å². The van der Waals surface area contributed by atoms with Gasteiger partial charge in [0, 0.05) is 90.2 Å². The number of rotatable bonds is 13. The summed E-state index contributed by atoms with van der Waals surface area (Å²) in [6.07, 6.45) is -3.46. The van der Waals surface area contributed by atoms with E-state index in [0.29, 0.717) is 38.5 Å². The summed E-state index contributed by atoms with van der Waals surface area (Å²) < 4.78 is 77.5. The van der Waals surface area contributed by atoms with Gasteiger partial charge in [-0.05, 0) is 59.3 Å². The molecule has 1 spiro atoms. The zero-order valence-electron chi connectivity index (χ0n) is 41.4. The van der Waals surface area contributed by atoms with E-state index in [1.807, 2.05) is 34.6 Å². The smallest absolute Gasteiger partial charge is 0.176 e. The molecule has 24 atom stereocenters. The van der Waals surface area contributed by atoms with Gasteiger partial charge in [0.1, 0.15) is 18.3 Å². The lowest BCUT2D eigenvalue weighted by Gasteiger charge is -2.54. The number of carboxylic acids is 1. The van der Waals surface area contributed by atoms with E-state index in [4.69, 9.17) is 56.8 Å². The molecule has 7 heterocycles. The highest BCUT2D eigenvalue weighted by atomic mass is 16.7. The minimum absolute atomic E-state index is 0. The van der Waals surface area contributed by atoms with Gasteiger partial charge in [0.15, 0.2) is 23.7 Å². The quantitative estimate of drug-likeness (QED) is 0.207. The minimum Gasteiger partial charge on any atom is -0.550 e. The van der Waals surface area contributed by atoms with Crippen LogP contribution < -0.4 is 11.3 Å². The zero-order valence-corrected chi connectivity index (χ0v) is 41.4. The van der Waals surface area contributed by atoms with Crippen LogP contribution in [0.3, 0.4) is 0 Å². The van der Waals surface area contributed by atoms with Crippen LogP contribution in [-0.2, 0) is 61.6 Å². The lowest BCUT2D eigenvalue weighted by molar-refractivity contribution is -0.373. The third-order valence-electron chi connectivity index (χ3n) is 16.8. The molecule has 0 unspecified atom stereocenters. The number of ether oxygens (including phenoxy) is 12. The van der Waals surface area contributed by atoms with Crippen molar-refractivity contribution >= 4 is 5.97 Å². The first-order valence-electron chi connectivity index (χ1n) is 23.8. The molecule has 0 saturated carbocycles. The van der Waals surface area contributed by atoms with Gasteiger partial charge in [-0.25, -0.2) is 0 Å². The molecule has 7 aliphatic heterocycles. The summed E-state index contributed by atoms with van der Waals surface area (Å²) in [5.41, 5.74) is -1.61. The second-order valence-corrected chi connectivity index (χ2v) is 21.3. The predicted octanol–water partition coefficient (Wildman–Crippen LogP) is 3.36. The number of hydrogen-bond acceptors (Lipinski definition) is 17. The lowest BCUT2D eigenvalue weighted by atomic mass is 9.75. The molecule has 0 aliphatic carbocycles. The molecular formula is C47H83NO17. The molecule has 0 aromatic heterocycles. The fourth-order valence-corrected chi connectivity index (χ4v) is 12.7. The second-order valence-electron chi connectivity index (χ2n) is 21.3.